The van der Waals surface area contributed by atoms with E-state index >= 15 is 0 Å². The highest BCUT2D eigenvalue weighted by Gasteiger charge is 2.17. The number of nitrogens with one attached hydrogen (secondary N) is 1. The molecule has 1 heterocycles. The molecule has 9 heteroatoms. The molecule has 43 heavy (non-hydrogen) atoms. The van der Waals surface area contributed by atoms with Crippen LogP contribution in [0.1, 0.15) is 59.4 Å². The molecule has 0 unspecified atom stereocenters. The molecule has 0 radical (unpaired) electrons. The Bertz CT molecular complexity index is 1490. The monoisotopic (exact) mass is 607 g/mol. The SMILES string of the molecule is COc1cc(C(=O)NCCCCCc2nc3ccccc3n2CCCCOc2cc(C)c(Cl)c(C)c2)cc(OC)c1OC. The second-order valence-electron chi connectivity index (χ2n) is 10.6. The zero-order valence-electron chi connectivity index (χ0n) is 25.8. The highest BCUT2D eigenvalue weighted by atomic mass is 35.5. The molecular formula is C34H42ClN3O5. The number of aryl methyl sites for hydroxylation is 4. The fourth-order valence-corrected chi connectivity index (χ4v) is 5.33. The topological polar surface area (TPSA) is 83.8 Å². The third-order valence-corrected chi connectivity index (χ3v) is 8.07. The molecule has 8 nitrogen and oxygen atoms in total. The Morgan fingerprint density at radius 1 is 0.884 bits per heavy atom. The number of carbonyl (C=O) groups is 1. The molecule has 1 N–H and O–H groups in total. The van der Waals surface area contributed by atoms with Crippen molar-refractivity contribution in [1.29, 1.82) is 0 Å². The maximum atomic E-state index is 12.8. The van der Waals surface area contributed by atoms with Crippen molar-refractivity contribution < 1.29 is 23.7 Å². The summed E-state index contributed by atoms with van der Waals surface area (Å²) in [4.78, 5) is 17.7. The number of fused-ring (bicyclic) bond motifs is 1. The highest BCUT2D eigenvalue weighted by molar-refractivity contribution is 6.32. The van der Waals surface area contributed by atoms with Crippen molar-refractivity contribution in [3.63, 3.8) is 0 Å². The fourth-order valence-electron chi connectivity index (χ4n) is 5.22. The zero-order chi connectivity index (χ0) is 30.8. The molecule has 0 aliphatic heterocycles. The molecule has 0 aliphatic carbocycles. The molecule has 230 valence electrons. The van der Waals surface area contributed by atoms with Gasteiger partial charge in [0.25, 0.3) is 5.91 Å². The van der Waals surface area contributed by atoms with Gasteiger partial charge >= 0.3 is 0 Å². The number of ether oxygens (including phenoxy) is 4. The summed E-state index contributed by atoms with van der Waals surface area (Å²) in [5, 5.41) is 3.80. The highest BCUT2D eigenvalue weighted by Crippen LogP contribution is 2.38. The van der Waals surface area contributed by atoms with Gasteiger partial charge in [-0.25, -0.2) is 4.98 Å². The number of benzene rings is 3. The second-order valence-corrected chi connectivity index (χ2v) is 11.0. The van der Waals surface area contributed by atoms with E-state index in [4.69, 9.17) is 35.5 Å². The van der Waals surface area contributed by atoms with Crippen LogP contribution in [0.3, 0.4) is 0 Å². The van der Waals surface area contributed by atoms with Crippen molar-refractivity contribution in [1.82, 2.24) is 14.9 Å². The number of hydrogen-bond acceptors (Lipinski definition) is 6. The molecule has 1 amide bonds. The van der Waals surface area contributed by atoms with Crippen LogP contribution in [0.4, 0.5) is 0 Å². The number of amides is 1. The van der Waals surface area contributed by atoms with Crippen molar-refractivity contribution in [2.45, 2.75) is 58.9 Å². The average Bonchev–Trinajstić information content (AvgIpc) is 3.37. The first kappa shape index (κ1) is 32.0. The summed E-state index contributed by atoms with van der Waals surface area (Å²) in [5.74, 6) is 3.17. The van der Waals surface area contributed by atoms with Gasteiger partial charge in [-0.1, -0.05) is 30.2 Å². The molecule has 0 spiro atoms. The number of methoxy groups -OCH3 is 3. The summed E-state index contributed by atoms with van der Waals surface area (Å²) in [6.07, 6.45) is 5.66. The first-order valence-corrected chi connectivity index (χ1v) is 15.2. The predicted molar refractivity (Wildman–Crippen MR) is 171 cm³/mol. The lowest BCUT2D eigenvalue weighted by molar-refractivity contribution is 0.0952. The molecule has 0 atom stereocenters. The number of nitrogens with zero attached hydrogens (tertiary/aromatic N) is 2. The van der Waals surface area contributed by atoms with Gasteiger partial charge in [0.2, 0.25) is 5.75 Å². The Morgan fingerprint density at radius 3 is 2.26 bits per heavy atom. The van der Waals surface area contributed by atoms with Gasteiger partial charge in [-0.05, 0) is 87.1 Å². The third-order valence-electron chi connectivity index (χ3n) is 7.48. The lowest BCUT2D eigenvalue weighted by Gasteiger charge is -2.14. The van der Waals surface area contributed by atoms with Crippen molar-refractivity contribution in [3.8, 4) is 23.0 Å². The zero-order valence-corrected chi connectivity index (χ0v) is 26.6. The Morgan fingerprint density at radius 2 is 1.58 bits per heavy atom. The minimum atomic E-state index is -0.175. The van der Waals surface area contributed by atoms with E-state index in [1.165, 1.54) is 26.8 Å². The Hall–Kier alpha value is -3.91. The summed E-state index contributed by atoms with van der Waals surface area (Å²) in [7, 11) is 4.61. The third kappa shape index (κ3) is 8.14. The Kier molecular flexibility index (Phi) is 11.6. The van der Waals surface area contributed by atoms with Crippen LogP contribution in [0.5, 0.6) is 23.0 Å². The largest absolute Gasteiger partial charge is 0.494 e. The molecule has 1 aromatic heterocycles. The van der Waals surface area contributed by atoms with E-state index in [-0.39, 0.29) is 5.91 Å². The minimum absolute atomic E-state index is 0.175. The van der Waals surface area contributed by atoms with Crippen LogP contribution in [0, 0.1) is 13.8 Å². The van der Waals surface area contributed by atoms with E-state index in [1.807, 2.05) is 32.0 Å². The Labute approximate surface area is 259 Å². The summed E-state index contributed by atoms with van der Waals surface area (Å²) in [6.45, 7) is 6.13. The van der Waals surface area contributed by atoms with Crippen molar-refractivity contribution in [2.75, 3.05) is 34.5 Å². The summed E-state index contributed by atoms with van der Waals surface area (Å²) < 4.78 is 24.4. The molecule has 0 aliphatic rings. The maximum absolute atomic E-state index is 12.8. The Balaban J connectivity index is 1.24. The first-order chi connectivity index (χ1) is 20.9. The van der Waals surface area contributed by atoms with Crippen LogP contribution in [0.15, 0.2) is 48.5 Å². The van der Waals surface area contributed by atoms with E-state index in [1.54, 1.807) is 12.1 Å². The van der Waals surface area contributed by atoms with Crippen LogP contribution >= 0.6 is 11.6 Å². The summed E-state index contributed by atoms with van der Waals surface area (Å²) >= 11 is 6.28. The fraction of sp³-hybridized carbons (Fsp3) is 0.412. The molecule has 0 fully saturated rings. The summed E-state index contributed by atoms with van der Waals surface area (Å²) in [6, 6.07) is 15.6. The molecular weight excluding hydrogens is 566 g/mol. The van der Waals surface area contributed by atoms with Crippen molar-refractivity contribution in [3.05, 3.63) is 76.1 Å². The van der Waals surface area contributed by atoms with Gasteiger partial charge in [0.1, 0.15) is 11.6 Å². The first-order valence-electron chi connectivity index (χ1n) is 14.8. The predicted octanol–water partition coefficient (Wildman–Crippen LogP) is 7.33. The lowest BCUT2D eigenvalue weighted by Crippen LogP contribution is -2.24. The molecule has 0 bridgehead atoms. The number of unbranched alkanes of at least 4 members (excludes halogenated alkanes) is 3. The van der Waals surface area contributed by atoms with Crippen LogP contribution in [-0.4, -0.2) is 49.9 Å². The molecule has 0 saturated heterocycles. The number of aromatic nitrogens is 2. The molecule has 3 aromatic carbocycles. The van der Waals surface area contributed by atoms with Crippen LogP contribution < -0.4 is 24.3 Å². The van der Waals surface area contributed by atoms with Gasteiger partial charge in [0.05, 0.1) is 39.0 Å². The van der Waals surface area contributed by atoms with Crippen molar-refractivity contribution >= 4 is 28.5 Å². The summed E-state index contributed by atoms with van der Waals surface area (Å²) in [5.41, 5.74) is 4.73. The van der Waals surface area contributed by atoms with E-state index in [2.05, 4.69) is 28.1 Å². The van der Waals surface area contributed by atoms with Gasteiger partial charge in [-0.3, -0.25) is 4.79 Å². The van der Waals surface area contributed by atoms with E-state index in [0.717, 1.165) is 78.3 Å². The van der Waals surface area contributed by atoms with Gasteiger partial charge in [0, 0.05) is 30.1 Å². The van der Waals surface area contributed by atoms with Gasteiger partial charge in [0.15, 0.2) is 11.5 Å². The molecule has 4 aromatic rings. The number of para-hydroxylation sites is 2. The van der Waals surface area contributed by atoms with E-state index in [0.29, 0.717) is 36.0 Å². The lowest BCUT2D eigenvalue weighted by atomic mass is 10.1. The molecule has 0 saturated carbocycles. The van der Waals surface area contributed by atoms with E-state index < -0.39 is 0 Å². The standard InChI is InChI=1S/C34H42ClN3O5/c1-23-19-26(20-24(2)32(23)35)43-18-12-11-17-38-28-14-9-8-13-27(28)37-31(38)15-7-6-10-16-36-34(39)25-21-29(40-3)33(42-5)30(22-25)41-4/h8-9,13-14,19-22H,6-7,10-12,15-18H2,1-5H3,(H,36,39). The number of rotatable bonds is 16. The maximum Gasteiger partial charge on any atom is 0.251 e. The normalized spacial score (nSPS) is 11.0. The molecule has 4 rings (SSSR count). The number of imidazole rings is 1. The smallest absolute Gasteiger partial charge is 0.251 e. The quantitative estimate of drug-likeness (QED) is 0.134. The number of halogens is 1. The number of hydrogen-bond donors (Lipinski definition) is 1. The van der Waals surface area contributed by atoms with Gasteiger partial charge < -0.3 is 28.8 Å². The van der Waals surface area contributed by atoms with Gasteiger partial charge in [-0.2, -0.15) is 0 Å². The van der Waals surface area contributed by atoms with E-state index in [9.17, 15) is 4.79 Å². The van der Waals surface area contributed by atoms with Crippen molar-refractivity contribution in [2.24, 2.45) is 0 Å². The number of carbonyl (C=O) groups excluding carboxylic acids is 1. The average molecular weight is 608 g/mol. The second kappa shape index (κ2) is 15.5. The van der Waals surface area contributed by atoms with Crippen LogP contribution in [0.25, 0.3) is 11.0 Å². The van der Waals surface area contributed by atoms with Gasteiger partial charge in [-0.15, -0.1) is 0 Å². The van der Waals surface area contributed by atoms with Crippen LogP contribution in [0.2, 0.25) is 5.02 Å². The van der Waals surface area contributed by atoms with Crippen LogP contribution in [-0.2, 0) is 13.0 Å². The minimum Gasteiger partial charge on any atom is -0.494 e.